The number of likely N-dealkylation sites (N-methyl/N-ethyl adjacent to an activating group) is 1. The van der Waals surface area contributed by atoms with Crippen LogP contribution in [0.2, 0.25) is 0 Å². The summed E-state index contributed by atoms with van der Waals surface area (Å²) in [5.41, 5.74) is 0. The number of hydrogen-bond donors (Lipinski definition) is 2. The van der Waals surface area contributed by atoms with E-state index in [1.807, 2.05) is 14.0 Å². The lowest BCUT2D eigenvalue weighted by Crippen LogP contribution is -2.34. The molecule has 0 atom stereocenters. The van der Waals surface area contributed by atoms with Crippen LogP contribution in [0.4, 0.5) is 0 Å². The van der Waals surface area contributed by atoms with E-state index in [2.05, 4.69) is 22.5 Å². The van der Waals surface area contributed by atoms with E-state index in [9.17, 15) is 4.79 Å². The molecule has 0 heterocycles. The van der Waals surface area contributed by atoms with Crippen molar-refractivity contribution in [2.75, 3.05) is 39.8 Å². The SMILES string of the molecule is CCNCCC(=O)NCCN(C)CC. The van der Waals surface area contributed by atoms with Gasteiger partial charge in [0, 0.05) is 26.1 Å². The molecule has 14 heavy (non-hydrogen) atoms. The summed E-state index contributed by atoms with van der Waals surface area (Å²) in [5.74, 6) is 0.135. The van der Waals surface area contributed by atoms with Crippen LogP contribution in [-0.2, 0) is 4.79 Å². The average Bonchev–Trinajstić information content (AvgIpc) is 2.18. The Hall–Kier alpha value is -0.610. The van der Waals surface area contributed by atoms with E-state index in [4.69, 9.17) is 0 Å². The number of nitrogens with zero attached hydrogens (tertiary/aromatic N) is 1. The van der Waals surface area contributed by atoms with Gasteiger partial charge in [-0.1, -0.05) is 13.8 Å². The molecule has 0 saturated carbocycles. The standard InChI is InChI=1S/C10H23N3O/c1-4-11-7-6-10(14)12-8-9-13(3)5-2/h11H,4-9H2,1-3H3,(H,12,14). The number of amides is 1. The van der Waals surface area contributed by atoms with Crippen LogP contribution in [0.25, 0.3) is 0 Å². The van der Waals surface area contributed by atoms with Gasteiger partial charge < -0.3 is 15.5 Å². The minimum Gasteiger partial charge on any atom is -0.355 e. The zero-order valence-electron chi connectivity index (χ0n) is 9.60. The first-order valence-electron chi connectivity index (χ1n) is 5.36. The van der Waals surface area contributed by atoms with Gasteiger partial charge in [0.05, 0.1) is 0 Å². The lowest BCUT2D eigenvalue weighted by atomic mass is 10.4. The minimum absolute atomic E-state index is 0.135. The van der Waals surface area contributed by atoms with E-state index in [1.165, 1.54) is 0 Å². The van der Waals surface area contributed by atoms with E-state index in [-0.39, 0.29) is 5.91 Å². The molecule has 0 aliphatic rings. The third-order valence-corrected chi connectivity index (χ3v) is 2.13. The first kappa shape index (κ1) is 13.4. The third-order valence-electron chi connectivity index (χ3n) is 2.13. The summed E-state index contributed by atoms with van der Waals surface area (Å²) in [7, 11) is 2.05. The lowest BCUT2D eigenvalue weighted by molar-refractivity contribution is -0.121. The smallest absolute Gasteiger partial charge is 0.221 e. The maximum Gasteiger partial charge on any atom is 0.221 e. The molecule has 0 fully saturated rings. The van der Waals surface area contributed by atoms with Crippen molar-refractivity contribution in [3.05, 3.63) is 0 Å². The molecule has 0 rings (SSSR count). The van der Waals surface area contributed by atoms with Gasteiger partial charge in [-0.3, -0.25) is 4.79 Å². The maximum absolute atomic E-state index is 11.2. The first-order chi connectivity index (χ1) is 6.70. The van der Waals surface area contributed by atoms with E-state index in [0.717, 1.165) is 32.7 Å². The molecule has 0 bridgehead atoms. The van der Waals surface area contributed by atoms with Crippen LogP contribution in [0.1, 0.15) is 20.3 Å². The van der Waals surface area contributed by atoms with Crippen molar-refractivity contribution in [2.45, 2.75) is 20.3 Å². The second kappa shape index (κ2) is 8.97. The van der Waals surface area contributed by atoms with Crippen LogP contribution < -0.4 is 10.6 Å². The molecule has 0 aliphatic carbocycles. The second-order valence-electron chi connectivity index (χ2n) is 3.35. The van der Waals surface area contributed by atoms with Gasteiger partial charge in [0.25, 0.3) is 0 Å². The number of carbonyl (C=O) groups is 1. The van der Waals surface area contributed by atoms with Crippen molar-refractivity contribution in [3.8, 4) is 0 Å². The highest BCUT2D eigenvalue weighted by Gasteiger charge is 2.00. The summed E-state index contributed by atoms with van der Waals surface area (Å²) in [6.45, 7) is 8.52. The van der Waals surface area contributed by atoms with Gasteiger partial charge in [-0.25, -0.2) is 0 Å². The summed E-state index contributed by atoms with van der Waals surface area (Å²) in [6.07, 6.45) is 0.573. The number of nitrogens with one attached hydrogen (secondary N) is 2. The van der Waals surface area contributed by atoms with Crippen molar-refractivity contribution >= 4 is 5.91 Å². The molecular weight excluding hydrogens is 178 g/mol. The molecule has 2 N–H and O–H groups in total. The Bertz CT molecular complexity index is 150. The van der Waals surface area contributed by atoms with Crippen LogP contribution >= 0.6 is 0 Å². The van der Waals surface area contributed by atoms with Crippen molar-refractivity contribution in [3.63, 3.8) is 0 Å². The van der Waals surface area contributed by atoms with Gasteiger partial charge in [0.1, 0.15) is 0 Å². The van der Waals surface area contributed by atoms with Gasteiger partial charge in [0.2, 0.25) is 5.91 Å². The summed E-state index contributed by atoms with van der Waals surface area (Å²) in [4.78, 5) is 13.4. The van der Waals surface area contributed by atoms with E-state index >= 15 is 0 Å². The molecular formula is C10H23N3O. The van der Waals surface area contributed by atoms with Crippen LogP contribution in [0, 0.1) is 0 Å². The Morgan fingerprint density at radius 1 is 1.29 bits per heavy atom. The second-order valence-corrected chi connectivity index (χ2v) is 3.35. The summed E-state index contributed by atoms with van der Waals surface area (Å²) >= 11 is 0. The fraction of sp³-hybridized carbons (Fsp3) is 0.900. The average molecular weight is 201 g/mol. The molecule has 1 amide bonds. The van der Waals surface area contributed by atoms with Gasteiger partial charge >= 0.3 is 0 Å². The fourth-order valence-electron chi connectivity index (χ4n) is 1.01. The fourth-order valence-corrected chi connectivity index (χ4v) is 1.01. The minimum atomic E-state index is 0.135. The van der Waals surface area contributed by atoms with Crippen molar-refractivity contribution < 1.29 is 4.79 Å². The van der Waals surface area contributed by atoms with Crippen LogP contribution in [0.3, 0.4) is 0 Å². The van der Waals surface area contributed by atoms with E-state index < -0.39 is 0 Å². The largest absolute Gasteiger partial charge is 0.355 e. The molecule has 0 aromatic rings. The summed E-state index contributed by atoms with van der Waals surface area (Å²) in [5, 5.41) is 6.00. The Balaban J connectivity index is 3.26. The quantitative estimate of drug-likeness (QED) is 0.546. The molecule has 0 aromatic carbocycles. The monoisotopic (exact) mass is 201 g/mol. The van der Waals surface area contributed by atoms with Crippen molar-refractivity contribution in [1.82, 2.24) is 15.5 Å². The molecule has 0 unspecified atom stereocenters. The molecule has 0 saturated heterocycles. The van der Waals surface area contributed by atoms with E-state index in [0.29, 0.717) is 6.42 Å². The Kier molecular flexibility index (Phi) is 8.57. The van der Waals surface area contributed by atoms with Crippen molar-refractivity contribution in [1.29, 1.82) is 0 Å². The normalized spacial score (nSPS) is 10.6. The molecule has 4 nitrogen and oxygen atoms in total. The first-order valence-corrected chi connectivity index (χ1v) is 5.36. The topological polar surface area (TPSA) is 44.4 Å². The number of hydrogen-bond acceptors (Lipinski definition) is 3. The highest BCUT2D eigenvalue weighted by molar-refractivity contribution is 5.76. The highest BCUT2D eigenvalue weighted by atomic mass is 16.1. The van der Waals surface area contributed by atoms with Crippen LogP contribution in [0.5, 0.6) is 0 Å². The van der Waals surface area contributed by atoms with Gasteiger partial charge in [-0.15, -0.1) is 0 Å². The van der Waals surface area contributed by atoms with Gasteiger partial charge in [-0.05, 0) is 20.1 Å². The maximum atomic E-state index is 11.2. The lowest BCUT2D eigenvalue weighted by Gasteiger charge is -2.13. The van der Waals surface area contributed by atoms with E-state index in [1.54, 1.807) is 0 Å². The summed E-state index contributed by atoms with van der Waals surface area (Å²) < 4.78 is 0. The Labute approximate surface area is 87.0 Å². The molecule has 0 aliphatic heterocycles. The Morgan fingerprint density at radius 2 is 2.00 bits per heavy atom. The molecule has 0 radical (unpaired) electrons. The van der Waals surface area contributed by atoms with Crippen molar-refractivity contribution in [2.24, 2.45) is 0 Å². The zero-order valence-corrected chi connectivity index (χ0v) is 9.60. The molecule has 4 heteroatoms. The predicted octanol–water partition coefficient (Wildman–Crippen LogP) is 0.0539. The Morgan fingerprint density at radius 3 is 2.57 bits per heavy atom. The third kappa shape index (κ3) is 8.01. The summed E-state index contributed by atoms with van der Waals surface area (Å²) in [6, 6.07) is 0. The van der Waals surface area contributed by atoms with Crippen LogP contribution in [-0.4, -0.2) is 50.6 Å². The highest BCUT2D eigenvalue weighted by Crippen LogP contribution is 1.80. The number of carbonyl (C=O) groups excluding carboxylic acids is 1. The van der Waals surface area contributed by atoms with Gasteiger partial charge in [-0.2, -0.15) is 0 Å². The predicted molar refractivity (Wildman–Crippen MR) is 59.3 cm³/mol. The van der Waals surface area contributed by atoms with Gasteiger partial charge in [0.15, 0.2) is 0 Å². The van der Waals surface area contributed by atoms with Crippen LogP contribution in [0.15, 0.2) is 0 Å². The molecule has 84 valence electrons. The number of rotatable bonds is 8. The molecule has 0 aromatic heterocycles. The zero-order chi connectivity index (χ0) is 10.8. The molecule has 0 spiro atoms.